The molecule has 0 bridgehead atoms. The maximum Gasteiger partial charge on any atom is 0.249 e. The number of anilines is 1. The lowest BCUT2D eigenvalue weighted by molar-refractivity contribution is -0.130. The van der Waals surface area contributed by atoms with E-state index in [9.17, 15) is 4.79 Å². The molecule has 0 aromatic heterocycles. The fourth-order valence-electron chi connectivity index (χ4n) is 3.03. The molecule has 0 aliphatic carbocycles. The van der Waals surface area contributed by atoms with E-state index in [1.165, 1.54) is 5.69 Å². The van der Waals surface area contributed by atoms with Crippen molar-refractivity contribution in [2.45, 2.75) is 25.4 Å². The van der Waals surface area contributed by atoms with Crippen LogP contribution in [-0.4, -0.2) is 38.3 Å². The Kier molecular flexibility index (Phi) is 4.66. The highest BCUT2D eigenvalue weighted by molar-refractivity contribution is 6.30. The Labute approximate surface area is 130 Å². The first kappa shape index (κ1) is 14.7. The lowest BCUT2D eigenvalue weighted by Crippen LogP contribution is -2.37. The molecular formula is C16H21ClN2O2. The molecule has 2 saturated heterocycles. The van der Waals surface area contributed by atoms with Crippen molar-refractivity contribution < 1.29 is 9.53 Å². The molecule has 0 unspecified atom stereocenters. The van der Waals surface area contributed by atoms with E-state index in [4.69, 9.17) is 16.3 Å². The number of ether oxygens (including phenoxy) is 1. The molecule has 0 radical (unpaired) electrons. The van der Waals surface area contributed by atoms with Crippen LogP contribution in [0.5, 0.6) is 0 Å². The number of carbonyl (C=O) groups is 1. The molecule has 3 rings (SSSR count). The van der Waals surface area contributed by atoms with Crippen molar-refractivity contribution in [2.75, 3.05) is 31.1 Å². The normalized spacial score (nSPS) is 25.3. The van der Waals surface area contributed by atoms with Crippen LogP contribution in [0.4, 0.5) is 5.69 Å². The van der Waals surface area contributed by atoms with Crippen molar-refractivity contribution in [2.24, 2.45) is 5.92 Å². The third-order valence-electron chi connectivity index (χ3n) is 4.26. The quantitative estimate of drug-likeness (QED) is 0.929. The zero-order chi connectivity index (χ0) is 14.7. The summed E-state index contributed by atoms with van der Waals surface area (Å²) in [5.74, 6) is 0.559. The van der Waals surface area contributed by atoms with Crippen LogP contribution in [0.15, 0.2) is 24.3 Å². The largest absolute Gasteiger partial charge is 0.371 e. The van der Waals surface area contributed by atoms with Gasteiger partial charge in [0.25, 0.3) is 0 Å². The minimum atomic E-state index is -0.223. The number of rotatable bonds is 4. The second kappa shape index (κ2) is 6.67. The summed E-state index contributed by atoms with van der Waals surface area (Å²) < 4.78 is 5.40. The summed E-state index contributed by atoms with van der Waals surface area (Å²) in [6.07, 6.45) is 2.73. The monoisotopic (exact) mass is 308 g/mol. The zero-order valence-electron chi connectivity index (χ0n) is 12.1. The first-order chi connectivity index (χ1) is 10.2. The van der Waals surface area contributed by atoms with E-state index in [1.54, 1.807) is 0 Å². The van der Waals surface area contributed by atoms with E-state index in [0.717, 1.165) is 43.9 Å². The van der Waals surface area contributed by atoms with Crippen molar-refractivity contribution in [1.29, 1.82) is 0 Å². The fourth-order valence-corrected chi connectivity index (χ4v) is 3.15. The maximum atomic E-state index is 11.9. The van der Waals surface area contributed by atoms with Gasteiger partial charge in [-0.2, -0.15) is 0 Å². The summed E-state index contributed by atoms with van der Waals surface area (Å²) in [6.45, 7) is 3.46. The van der Waals surface area contributed by atoms with Crippen LogP contribution in [0.25, 0.3) is 0 Å². The van der Waals surface area contributed by atoms with E-state index in [-0.39, 0.29) is 12.0 Å². The summed E-state index contributed by atoms with van der Waals surface area (Å²) in [7, 11) is 0. The van der Waals surface area contributed by atoms with Gasteiger partial charge in [-0.3, -0.25) is 4.79 Å². The first-order valence-electron chi connectivity index (χ1n) is 7.62. The van der Waals surface area contributed by atoms with Crippen molar-refractivity contribution >= 4 is 23.2 Å². The van der Waals surface area contributed by atoms with Crippen LogP contribution in [0.2, 0.25) is 5.02 Å². The Balaban J connectivity index is 1.46. The molecule has 2 atom stereocenters. The van der Waals surface area contributed by atoms with Crippen molar-refractivity contribution in [1.82, 2.24) is 5.32 Å². The molecule has 114 valence electrons. The number of benzene rings is 1. The van der Waals surface area contributed by atoms with Gasteiger partial charge in [0.1, 0.15) is 6.10 Å². The summed E-state index contributed by atoms with van der Waals surface area (Å²) in [5.41, 5.74) is 1.20. The Morgan fingerprint density at radius 2 is 2.14 bits per heavy atom. The van der Waals surface area contributed by atoms with E-state index in [2.05, 4.69) is 22.3 Å². The third kappa shape index (κ3) is 3.69. The molecule has 2 fully saturated rings. The predicted octanol–water partition coefficient (Wildman–Crippen LogP) is 2.46. The minimum absolute atomic E-state index is 0.0532. The molecule has 2 heterocycles. The first-order valence-corrected chi connectivity index (χ1v) is 8.00. The number of carbonyl (C=O) groups excluding carboxylic acids is 1. The molecule has 2 aliphatic heterocycles. The zero-order valence-corrected chi connectivity index (χ0v) is 12.8. The van der Waals surface area contributed by atoms with Gasteiger partial charge in [-0.15, -0.1) is 0 Å². The molecular weight excluding hydrogens is 288 g/mol. The van der Waals surface area contributed by atoms with Crippen LogP contribution < -0.4 is 10.2 Å². The van der Waals surface area contributed by atoms with E-state index in [1.807, 2.05) is 12.1 Å². The molecule has 1 N–H and O–H groups in total. The third-order valence-corrected chi connectivity index (χ3v) is 4.52. The highest BCUT2D eigenvalue weighted by Gasteiger charge is 2.26. The molecule has 21 heavy (non-hydrogen) atoms. The van der Waals surface area contributed by atoms with Gasteiger partial charge in [0.05, 0.1) is 0 Å². The van der Waals surface area contributed by atoms with Crippen molar-refractivity contribution in [3.05, 3.63) is 29.3 Å². The SMILES string of the molecule is O=C(NC[C@@H]1CCN(c2ccc(Cl)cc2)C1)[C@H]1CCCO1. The van der Waals surface area contributed by atoms with Crippen molar-refractivity contribution in [3.63, 3.8) is 0 Å². The number of amides is 1. The topological polar surface area (TPSA) is 41.6 Å². The fraction of sp³-hybridized carbons (Fsp3) is 0.562. The lowest BCUT2D eigenvalue weighted by atomic mass is 10.1. The van der Waals surface area contributed by atoms with E-state index in [0.29, 0.717) is 12.5 Å². The van der Waals surface area contributed by atoms with Gasteiger partial charge >= 0.3 is 0 Å². The van der Waals surface area contributed by atoms with E-state index < -0.39 is 0 Å². The van der Waals surface area contributed by atoms with Crippen LogP contribution in [-0.2, 0) is 9.53 Å². The highest BCUT2D eigenvalue weighted by Crippen LogP contribution is 2.25. The molecule has 0 spiro atoms. The molecule has 4 nitrogen and oxygen atoms in total. The van der Waals surface area contributed by atoms with Crippen LogP contribution in [0.3, 0.4) is 0 Å². The van der Waals surface area contributed by atoms with Crippen LogP contribution >= 0.6 is 11.6 Å². The number of hydrogen-bond acceptors (Lipinski definition) is 3. The number of nitrogens with zero attached hydrogens (tertiary/aromatic N) is 1. The van der Waals surface area contributed by atoms with Gasteiger partial charge in [0, 0.05) is 37.0 Å². The van der Waals surface area contributed by atoms with Gasteiger partial charge in [0.15, 0.2) is 0 Å². The summed E-state index contributed by atoms with van der Waals surface area (Å²) >= 11 is 5.92. The second-order valence-electron chi connectivity index (χ2n) is 5.82. The molecule has 1 aromatic carbocycles. The van der Waals surface area contributed by atoms with E-state index >= 15 is 0 Å². The Bertz CT molecular complexity index is 486. The summed E-state index contributed by atoms with van der Waals surface area (Å²) in [4.78, 5) is 14.3. The van der Waals surface area contributed by atoms with Crippen LogP contribution in [0.1, 0.15) is 19.3 Å². The Morgan fingerprint density at radius 1 is 1.33 bits per heavy atom. The van der Waals surface area contributed by atoms with Crippen LogP contribution in [0, 0.1) is 5.92 Å². The number of hydrogen-bond donors (Lipinski definition) is 1. The van der Waals surface area contributed by atoms with Gasteiger partial charge in [-0.1, -0.05) is 11.6 Å². The molecule has 0 saturated carbocycles. The summed E-state index contributed by atoms with van der Waals surface area (Å²) in [5, 5.41) is 3.80. The standard InChI is InChI=1S/C16H21ClN2O2/c17-13-3-5-14(6-4-13)19-8-7-12(11-19)10-18-16(20)15-2-1-9-21-15/h3-6,12,15H,1-2,7-11H2,(H,18,20)/t12-,15+/m0/s1. The van der Waals surface area contributed by atoms with Gasteiger partial charge in [0.2, 0.25) is 5.91 Å². The number of halogens is 1. The van der Waals surface area contributed by atoms with Gasteiger partial charge < -0.3 is 15.0 Å². The average Bonchev–Trinajstić information content (AvgIpc) is 3.17. The molecule has 5 heteroatoms. The Morgan fingerprint density at radius 3 is 2.86 bits per heavy atom. The average molecular weight is 309 g/mol. The predicted molar refractivity (Wildman–Crippen MR) is 83.8 cm³/mol. The molecule has 2 aliphatic rings. The van der Waals surface area contributed by atoms with Gasteiger partial charge in [-0.25, -0.2) is 0 Å². The number of nitrogens with one attached hydrogen (secondary N) is 1. The molecule has 1 amide bonds. The molecule has 1 aromatic rings. The smallest absolute Gasteiger partial charge is 0.249 e. The van der Waals surface area contributed by atoms with Gasteiger partial charge in [-0.05, 0) is 49.4 Å². The lowest BCUT2D eigenvalue weighted by Gasteiger charge is -2.19. The highest BCUT2D eigenvalue weighted by atomic mass is 35.5. The minimum Gasteiger partial charge on any atom is -0.371 e. The second-order valence-corrected chi connectivity index (χ2v) is 6.26. The van der Waals surface area contributed by atoms with Crippen molar-refractivity contribution in [3.8, 4) is 0 Å². The maximum absolute atomic E-state index is 11.9. The Hall–Kier alpha value is -1.26. The summed E-state index contributed by atoms with van der Waals surface area (Å²) in [6, 6.07) is 7.94.